The predicted molar refractivity (Wildman–Crippen MR) is 64.7 cm³/mol. The van der Waals surface area contributed by atoms with Gasteiger partial charge in [-0.3, -0.25) is 0 Å². The smallest absolute Gasteiger partial charge is 0.0000629 e. The molecule has 0 amide bonds. The normalized spacial score (nSPS) is 53.6. The molecule has 3 aliphatic rings. The van der Waals surface area contributed by atoms with Crippen LogP contribution in [0.4, 0.5) is 0 Å². The molecule has 4 atom stereocenters. The first-order valence-corrected chi connectivity index (χ1v) is 6.68. The van der Waals surface area contributed by atoms with Crippen LogP contribution in [-0.2, 0) is 0 Å². The first-order chi connectivity index (χ1) is 7.01. The SMILES string of the molecule is CC1=C(C)[C@@]23CC[C@H](C)[C@@H]2CC[C@@]3(C)C1. The Bertz CT molecular complexity index is 338. The van der Waals surface area contributed by atoms with Gasteiger partial charge in [-0.15, -0.1) is 0 Å². The lowest BCUT2D eigenvalue weighted by Crippen LogP contribution is -2.34. The summed E-state index contributed by atoms with van der Waals surface area (Å²) >= 11 is 0. The number of hydrogen-bond donors (Lipinski definition) is 0. The van der Waals surface area contributed by atoms with E-state index in [0.29, 0.717) is 10.8 Å². The molecule has 0 heterocycles. The van der Waals surface area contributed by atoms with Crippen LogP contribution in [0.15, 0.2) is 11.1 Å². The molecule has 0 aromatic carbocycles. The zero-order valence-electron chi connectivity index (χ0n) is 10.7. The van der Waals surface area contributed by atoms with E-state index in [1.165, 1.54) is 32.1 Å². The fourth-order valence-electron chi connectivity index (χ4n) is 5.57. The molecule has 3 aliphatic carbocycles. The van der Waals surface area contributed by atoms with E-state index in [-0.39, 0.29) is 0 Å². The molecule has 2 saturated carbocycles. The number of hydrogen-bond acceptors (Lipinski definition) is 0. The monoisotopic (exact) mass is 204 g/mol. The molecular weight excluding hydrogens is 180 g/mol. The van der Waals surface area contributed by atoms with E-state index in [0.717, 1.165) is 11.8 Å². The van der Waals surface area contributed by atoms with Gasteiger partial charge in [0.05, 0.1) is 0 Å². The first kappa shape index (κ1) is 9.93. The van der Waals surface area contributed by atoms with Crippen LogP contribution in [-0.4, -0.2) is 0 Å². The van der Waals surface area contributed by atoms with E-state index >= 15 is 0 Å². The highest BCUT2D eigenvalue weighted by Gasteiger charge is 2.64. The molecule has 15 heavy (non-hydrogen) atoms. The Balaban J connectivity index is 2.14. The second-order valence-corrected chi connectivity index (χ2v) is 6.78. The summed E-state index contributed by atoms with van der Waals surface area (Å²) in [4.78, 5) is 0. The van der Waals surface area contributed by atoms with Gasteiger partial charge in [-0.05, 0) is 68.6 Å². The third kappa shape index (κ3) is 0.905. The van der Waals surface area contributed by atoms with E-state index in [4.69, 9.17) is 0 Å². The fraction of sp³-hybridized carbons (Fsp3) is 0.867. The van der Waals surface area contributed by atoms with Crippen LogP contribution in [0.2, 0.25) is 0 Å². The maximum Gasteiger partial charge on any atom is -0.0000629 e. The molecule has 0 aliphatic heterocycles. The Labute approximate surface area is 94.1 Å². The topological polar surface area (TPSA) is 0 Å². The second-order valence-electron chi connectivity index (χ2n) is 6.78. The Kier molecular flexibility index (Phi) is 1.79. The van der Waals surface area contributed by atoms with E-state index in [9.17, 15) is 0 Å². The van der Waals surface area contributed by atoms with E-state index in [1.807, 2.05) is 0 Å². The van der Waals surface area contributed by atoms with Crippen molar-refractivity contribution in [3.63, 3.8) is 0 Å². The van der Waals surface area contributed by atoms with Crippen LogP contribution in [0.1, 0.15) is 59.8 Å². The van der Waals surface area contributed by atoms with Gasteiger partial charge in [0.2, 0.25) is 0 Å². The lowest BCUT2D eigenvalue weighted by atomic mass is 9.63. The van der Waals surface area contributed by atoms with Crippen molar-refractivity contribution in [2.75, 3.05) is 0 Å². The molecule has 0 heteroatoms. The molecule has 0 saturated heterocycles. The van der Waals surface area contributed by atoms with Gasteiger partial charge in [0.15, 0.2) is 0 Å². The Morgan fingerprint density at radius 1 is 1.13 bits per heavy atom. The van der Waals surface area contributed by atoms with Crippen molar-refractivity contribution in [1.82, 2.24) is 0 Å². The van der Waals surface area contributed by atoms with Crippen LogP contribution in [0.5, 0.6) is 0 Å². The molecule has 0 aromatic rings. The highest BCUT2D eigenvalue weighted by molar-refractivity contribution is 5.36. The lowest BCUT2D eigenvalue weighted by molar-refractivity contribution is 0.125. The molecule has 0 bridgehead atoms. The van der Waals surface area contributed by atoms with E-state index in [2.05, 4.69) is 27.7 Å². The van der Waals surface area contributed by atoms with Gasteiger partial charge in [0.25, 0.3) is 0 Å². The van der Waals surface area contributed by atoms with Crippen molar-refractivity contribution in [2.24, 2.45) is 22.7 Å². The predicted octanol–water partition coefficient (Wildman–Crippen LogP) is 4.56. The van der Waals surface area contributed by atoms with Crippen molar-refractivity contribution in [3.8, 4) is 0 Å². The van der Waals surface area contributed by atoms with E-state index in [1.54, 1.807) is 11.1 Å². The van der Waals surface area contributed by atoms with Crippen LogP contribution >= 0.6 is 0 Å². The maximum absolute atomic E-state index is 2.57. The van der Waals surface area contributed by atoms with Crippen LogP contribution in [0.25, 0.3) is 0 Å². The highest BCUT2D eigenvalue weighted by Crippen LogP contribution is 2.73. The molecular formula is C15H24. The van der Waals surface area contributed by atoms with Crippen LogP contribution in [0, 0.1) is 22.7 Å². The molecule has 2 fully saturated rings. The lowest BCUT2D eigenvalue weighted by Gasteiger charge is -2.41. The highest BCUT2D eigenvalue weighted by atomic mass is 14.7. The van der Waals surface area contributed by atoms with Gasteiger partial charge in [-0.1, -0.05) is 25.0 Å². The quantitative estimate of drug-likeness (QED) is 0.507. The standard InChI is InChI=1S/C15H24/c1-10-5-8-15-12(3)11(2)9-14(15,4)7-6-13(10)15/h10,13H,5-9H2,1-4H3/t10-,13-,14-,15-/m0/s1. The molecule has 3 rings (SSSR count). The zero-order valence-corrected chi connectivity index (χ0v) is 10.7. The summed E-state index contributed by atoms with van der Waals surface area (Å²) in [6, 6.07) is 0. The third-order valence-electron chi connectivity index (χ3n) is 6.36. The summed E-state index contributed by atoms with van der Waals surface area (Å²) in [6.45, 7) is 9.89. The minimum absolute atomic E-state index is 0.635. The summed E-state index contributed by atoms with van der Waals surface area (Å²) < 4.78 is 0. The van der Waals surface area contributed by atoms with Crippen molar-refractivity contribution < 1.29 is 0 Å². The Morgan fingerprint density at radius 2 is 1.87 bits per heavy atom. The van der Waals surface area contributed by atoms with Gasteiger partial charge in [-0.2, -0.15) is 0 Å². The largest absolute Gasteiger partial charge is 0.0732 e. The number of rotatable bonds is 0. The average molecular weight is 204 g/mol. The Hall–Kier alpha value is -0.260. The van der Waals surface area contributed by atoms with E-state index < -0.39 is 0 Å². The summed E-state index contributed by atoms with van der Waals surface area (Å²) in [7, 11) is 0. The molecule has 84 valence electrons. The number of allylic oxidation sites excluding steroid dienone is 2. The van der Waals surface area contributed by atoms with Crippen LogP contribution < -0.4 is 0 Å². The van der Waals surface area contributed by atoms with Gasteiger partial charge < -0.3 is 0 Å². The molecule has 0 radical (unpaired) electrons. The van der Waals surface area contributed by atoms with Crippen molar-refractivity contribution in [2.45, 2.75) is 59.8 Å². The average Bonchev–Trinajstić information content (AvgIpc) is 2.70. The maximum atomic E-state index is 2.57. The Morgan fingerprint density at radius 3 is 2.60 bits per heavy atom. The molecule has 0 aromatic heterocycles. The van der Waals surface area contributed by atoms with Crippen molar-refractivity contribution in [1.29, 1.82) is 0 Å². The minimum Gasteiger partial charge on any atom is -0.0732 e. The van der Waals surface area contributed by atoms with Crippen molar-refractivity contribution >= 4 is 0 Å². The third-order valence-corrected chi connectivity index (χ3v) is 6.36. The molecule has 0 N–H and O–H groups in total. The molecule has 1 spiro atoms. The fourth-order valence-corrected chi connectivity index (χ4v) is 5.57. The van der Waals surface area contributed by atoms with Gasteiger partial charge in [0.1, 0.15) is 0 Å². The van der Waals surface area contributed by atoms with Gasteiger partial charge in [-0.25, -0.2) is 0 Å². The van der Waals surface area contributed by atoms with Crippen LogP contribution in [0.3, 0.4) is 0 Å². The summed E-state index contributed by atoms with van der Waals surface area (Å²) in [5, 5.41) is 0. The summed E-state index contributed by atoms with van der Waals surface area (Å²) in [6.07, 6.45) is 7.34. The minimum atomic E-state index is 0.635. The van der Waals surface area contributed by atoms with Gasteiger partial charge in [0, 0.05) is 0 Å². The molecule has 0 nitrogen and oxygen atoms in total. The summed E-state index contributed by atoms with van der Waals surface area (Å²) in [5.74, 6) is 1.99. The second kappa shape index (κ2) is 2.70. The van der Waals surface area contributed by atoms with Gasteiger partial charge >= 0.3 is 0 Å². The summed E-state index contributed by atoms with van der Waals surface area (Å²) in [5.41, 5.74) is 4.78. The first-order valence-electron chi connectivity index (χ1n) is 6.68. The van der Waals surface area contributed by atoms with Crippen molar-refractivity contribution in [3.05, 3.63) is 11.1 Å². The molecule has 0 unspecified atom stereocenters. The zero-order chi connectivity index (χ0) is 10.8.